The Balaban J connectivity index is 1.25. The van der Waals surface area contributed by atoms with Gasteiger partial charge in [0.1, 0.15) is 23.5 Å². The molecule has 0 bridgehead atoms. The summed E-state index contributed by atoms with van der Waals surface area (Å²) in [5.41, 5.74) is 0.597. The summed E-state index contributed by atoms with van der Waals surface area (Å²) in [6.45, 7) is 0.139. The van der Waals surface area contributed by atoms with Crippen molar-refractivity contribution in [3.63, 3.8) is 0 Å². The number of piperazine rings is 1. The third-order valence-electron chi connectivity index (χ3n) is 8.59. The minimum Gasteiger partial charge on any atom is -0.366 e. The van der Waals surface area contributed by atoms with Gasteiger partial charge in [-0.3, -0.25) is 4.79 Å². The summed E-state index contributed by atoms with van der Waals surface area (Å²) in [5.74, 6) is -5.21. The van der Waals surface area contributed by atoms with Gasteiger partial charge in [-0.1, -0.05) is 24.3 Å². The minimum atomic E-state index is -4.61. The van der Waals surface area contributed by atoms with Crippen LogP contribution in [0.2, 0.25) is 0 Å². The first kappa shape index (κ1) is 35.1. The van der Waals surface area contributed by atoms with Crippen LogP contribution in [0.1, 0.15) is 17.5 Å². The van der Waals surface area contributed by atoms with E-state index in [1.807, 2.05) is 9.80 Å². The number of rotatable bonds is 8. The summed E-state index contributed by atoms with van der Waals surface area (Å²) in [6.07, 6.45) is -5.64. The molecule has 4 aromatic rings. The topological polar surface area (TPSA) is 85.8 Å². The van der Waals surface area contributed by atoms with Crippen LogP contribution in [-0.2, 0) is 27.5 Å². The summed E-state index contributed by atoms with van der Waals surface area (Å²) in [6, 6.07) is 15.6. The van der Waals surface area contributed by atoms with Crippen molar-refractivity contribution in [1.82, 2.24) is 14.6 Å². The Kier molecular flexibility index (Phi) is 9.52. The molecule has 3 aromatic carbocycles. The Morgan fingerprint density at radius 2 is 1.52 bits per heavy atom. The quantitative estimate of drug-likeness (QED) is 0.222. The van der Waals surface area contributed by atoms with E-state index in [1.165, 1.54) is 24.3 Å². The largest absolute Gasteiger partial charge is 0.416 e. The van der Waals surface area contributed by atoms with Crippen LogP contribution < -0.4 is 15.1 Å². The van der Waals surface area contributed by atoms with Gasteiger partial charge < -0.3 is 15.1 Å². The van der Waals surface area contributed by atoms with Crippen LogP contribution in [0, 0.1) is 11.6 Å². The highest BCUT2D eigenvalue weighted by atomic mass is 32.2. The van der Waals surface area contributed by atoms with E-state index in [9.17, 15) is 43.9 Å². The van der Waals surface area contributed by atoms with Crippen LogP contribution in [0.5, 0.6) is 0 Å². The van der Waals surface area contributed by atoms with E-state index in [0.29, 0.717) is 53.1 Å². The number of hydrogen-bond donors (Lipinski definition) is 1. The molecular weight excluding hydrogens is 691 g/mol. The van der Waals surface area contributed by atoms with E-state index in [1.54, 1.807) is 24.3 Å². The van der Waals surface area contributed by atoms with Gasteiger partial charge in [-0.05, 0) is 66.2 Å². The van der Waals surface area contributed by atoms with Gasteiger partial charge in [0.25, 0.3) is 5.92 Å². The van der Waals surface area contributed by atoms with E-state index in [-0.39, 0.29) is 18.1 Å². The van der Waals surface area contributed by atoms with Gasteiger partial charge in [0.15, 0.2) is 0 Å². The number of aromatic nitrogens is 1. The van der Waals surface area contributed by atoms with Crippen molar-refractivity contribution in [3.05, 3.63) is 108 Å². The predicted octanol–water partition coefficient (Wildman–Crippen LogP) is 6.09. The molecule has 264 valence electrons. The molecule has 0 radical (unpaired) electrons. The fourth-order valence-corrected chi connectivity index (χ4v) is 7.62. The second kappa shape index (κ2) is 13.5. The van der Waals surface area contributed by atoms with Crippen LogP contribution in [-0.4, -0.2) is 68.3 Å². The third-order valence-corrected chi connectivity index (χ3v) is 10.5. The fourth-order valence-electron chi connectivity index (χ4n) is 6.01. The molecule has 3 heterocycles. The lowest BCUT2D eigenvalue weighted by Crippen LogP contribution is -2.47. The number of anilines is 2. The number of nitrogens with one attached hydrogen (secondary N) is 1. The molecular formula is C34H30F7N5O3S. The minimum absolute atomic E-state index is 0.260. The summed E-state index contributed by atoms with van der Waals surface area (Å²) >= 11 is 0. The SMILES string of the molecule is O=C(NCc1cc(-c2ccc(C(F)(F)F)cc2)nc(N2CCN(c3ccccc3F)CC2)c1)C1CC(F)(F)CN1S(=O)(=O)c1ccc(F)cc1. The standard InChI is InChI=1S/C34H30F7N5O3S/c35-25-9-11-26(12-10-25)50(48,49)46-21-33(37,38)19-30(46)32(47)42-20-22-17-28(23-5-7-24(8-6-23)34(39,40)41)43-31(18-22)45-15-13-44(14-16-45)29-4-2-1-3-27(29)36/h1-12,17-18,30H,13-16,19-21H2,(H,42,47). The molecule has 2 aliphatic heterocycles. The smallest absolute Gasteiger partial charge is 0.366 e. The monoisotopic (exact) mass is 721 g/mol. The summed E-state index contributed by atoms with van der Waals surface area (Å²) in [5, 5.41) is 2.53. The average molecular weight is 722 g/mol. The number of para-hydroxylation sites is 1. The molecule has 2 saturated heterocycles. The van der Waals surface area contributed by atoms with Gasteiger partial charge in [0.05, 0.1) is 28.4 Å². The molecule has 8 nitrogen and oxygen atoms in total. The second-order valence-corrected chi connectivity index (χ2v) is 13.9. The first-order valence-corrected chi connectivity index (χ1v) is 16.9. The first-order valence-electron chi connectivity index (χ1n) is 15.5. The van der Waals surface area contributed by atoms with E-state index >= 15 is 0 Å². The molecule has 0 spiro atoms. The normalized spacial score (nSPS) is 18.3. The van der Waals surface area contributed by atoms with Gasteiger partial charge in [0.2, 0.25) is 15.9 Å². The average Bonchev–Trinajstić information content (AvgIpc) is 3.43. The van der Waals surface area contributed by atoms with Crippen molar-refractivity contribution in [1.29, 1.82) is 0 Å². The zero-order valence-corrected chi connectivity index (χ0v) is 27.0. The molecule has 1 N–H and O–H groups in total. The molecule has 50 heavy (non-hydrogen) atoms. The zero-order valence-electron chi connectivity index (χ0n) is 26.2. The molecule has 6 rings (SSSR count). The maximum Gasteiger partial charge on any atom is 0.416 e. The molecule has 1 aromatic heterocycles. The lowest BCUT2D eigenvalue weighted by molar-refractivity contribution is -0.137. The predicted molar refractivity (Wildman–Crippen MR) is 171 cm³/mol. The van der Waals surface area contributed by atoms with Crippen molar-refractivity contribution < 1.29 is 43.9 Å². The summed E-state index contributed by atoms with van der Waals surface area (Å²) in [4.78, 5) is 21.3. The number of benzene rings is 3. The number of sulfonamides is 1. The van der Waals surface area contributed by atoms with Gasteiger partial charge in [-0.15, -0.1) is 0 Å². The van der Waals surface area contributed by atoms with Crippen LogP contribution in [0.25, 0.3) is 11.3 Å². The van der Waals surface area contributed by atoms with Crippen molar-refractivity contribution in [2.24, 2.45) is 0 Å². The third kappa shape index (κ3) is 7.55. The molecule has 1 amide bonds. The molecule has 1 unspecified atom stereocenters. The Morgan fingerprint density at radius 1 is 0.880 bits per heavy atom. The van der Waals surface area contributed by atoms with Crippen LogP contribution >= 0.6 is 0 Å². The maximum atomic E-state index is 14.6. The Morgan fingerprint density at radius 3 is 2.16 bits per heavy atom. The number of carbonyl (C=O) groups is 1. The summed E-state index contributed by atoms with van der Waals surface area (Å²) in [7, 11) is -4.61. The highest BCUT2D eigenvalue weighted by Crippen LogP contribution is 2.37. The number of nitrogens with zero attached hydrogens (tertiary/aromatic N) is 4. The fraction of sp³-hybridized carbons (Fsp3) is 0.294. The maximum absolute atomic E-state index is 14.6. The van der Waals surface area contributed by atoms with Gasteiger partial charge in [-0.25, -0.2) is 31.0 Å². The van der Waals surface area contributed by atoms with Crippen molar-refractivity contribution >= 4 is 27.4 Å². The number of hydrogen-bond acceptors (Lipinski definition) is 6. The zero-order chi connectivity index (χ0) is 35.8. The number of halogens is 7. The number of carbonyl (C=O) groups excluding carboxylic acids is 1. The Bertz CT molecular complexity index is 1970. The van der Waals surface area contributed by atoms with E-state index in [0.717, 1.165) is 36.4 Å². The van der Waals surface area contributed by atoms with Crippen molar-refractivity contribution in [3.8, 4) is 11.3 Å². The summed E-state index contributed by atoms with van der Waals surface area (Å²) < 4.78 is 124. The van der Waals surface area contributed by atoms with Crippen LogP contribution in [0.3, 0.4) is 0 Å². The highest BCUT2D eigenvalue weighted by Gasteiger charge is 2.53. The van der Waals surface area contributed by atoms with Crippen LogP contribution in [0.4, 0.5) is 42.2 Å². The van der Waals surface area contributed by atoms with Crippen LogP contribution in [0.15, 0.2) is 89.8 Å². The van der Waals surface area contributed by atoms with Gasteiger partial charge >= 0.3 is 6.18 Å². The number of alkyl halides is 5. The van der Waals surface area contributed by atoms with Crippen molar-refractivity contribution in [2.45, 2.75) is 36.0 Å². The van der Waals surface area contributed by atoms with Gasteiger partial charge in [0, 0.05) is 44.7 Å². The van der Waals surface area contributed by atoms with Gasteiger partial charge in [-0.2, -0.15) is 17.5 Å². The van der Waals surface area contributed by atoms with Crippen molar-refractivity contribution in [2.75, 3.05) is 42.5 Å². The van der Waals surface area contributed by atoms with E-state index < -0.39 is 63.3 Å². The number of amides is 1. The highest BCUT2D eigenvalue weighted by molar-refractivity contribution is 7.89. The Hall–Kier alpha value is -4.70. The van der Waals surface area contributed by atoms with E-state index in [4.69, 9.17) is 0 Å². The molecule has 16 heteroatoms. The molecule has 1 atom stereocenters. The van der Waals surface area contributed by atoms with E-state index in [2.05, 4.69) is 10.3 Å². The Labute approximate surface area is 283 Å². The second-order valence-electron chi connectivity index (χ2n) is 12.0. The molecule has 2 fully saturated rings. The lowest BCUT2D eigenvalue weighted by atomic mass is 10.1. The first-order chi connectivity index (χ1) is 23.6. The molecule has 0 saturated carbocycles. The lowest BCUT2D eigenvalue weighted by Gasteiger charge is -2.37. The number of pyridine rings is 1. The molecule has 2 aliphatic rings. The molecule has 0 aliphatic carbocycles.